The van der Waals surface area contributed by atoms with Crippen LogP contribution in [0.5, 0.6) is 0 Å². The van der Waals surface area contributed by atoms with Crippen LogP contribution >= 0.6 is 0 Å². The molecular weight excluding hydrogens is 198 g/mol. The molecule has 2 aliphatic carbocycles. The molecule has 0 atom stereocenters. The van der Waals surface area contributed by atoms with Crippen molar-refractivity contribution in [3.63, 3.8) is 0 Å². The molecule has 2 heteroatoms. The lowest BCUT2D eigenvalue weighted by molar-refractivity contribution is -0.307. The van der Waals surface area contributed by atoms with Crippen LogP contribution in [-0.2, 0) is 4.74 Å². The summed E-state index contributed by atoms with van der Waals surface area (Å²) >= 11 is 0. The van der Waals surface area contributed by atoms with Crippen molar-refractivity contribution >= 4 is 0 Å². The van der Waals surface area contributed by atoms with Gasteiger partial charge in [-0.1, -0.05) is 20.3 Å². The molecule has 0 radical (unpaired) electrons. The number of rotatable bonds is 2. The van der Waals surface area contributed by atoms with Crippen molar-refractivity contribution in [3.8, 4) is 0 Å². The van der Waals surface area contributed by atoms with E-state index in [1.807, 2.05) is 0 Å². The SMILES string of the molecule is CCC1(CC)NCC2(CCC2)C2(CCC2)O1. The van der Waals surface area contributed by atoms with Crippen molar-refractivity contribution in [1.29, 1.82) is 0 Å². The summed E-state index contributed by atoms with van der Waals surface area (Å²) < 4.78 is 6.64. The summed E-state index contributed by atoms with van der Waals surface area (Å²) in [5.74, 6) is 0. The average molecular weight is 223 g/mol. The largest absolute Gasteiger partial charge is 0.354 e. The zero-order valence-corrected chi connectivity index (χ0v) is 10.8. The minimum atomic E-state index is -0.0126. The van der Waals surface area contributed by atoms with Gasteiger partial charge in [-0.15, -0.1) is 0 Å². The molecule has 3 rings (SSSR count). The van der Waals surface area contributed by atoms with E-state index >= 15 is 0 Å². The van der Waals surface area contributed by atoms with Crippen molar-refractivity contribution in [1.82, 2.24) is 5.32 Å². The molecule has 0 aromatic carbocycles. The van der Waals surface area contributed by atoms with E-state index in [1.165, 1.54) is 45.1 Å². The molecule has 2 saturated carbocycles. The number of nitrogens with one attached hydrogen (secondary N) is 1. The highest BCUT2D eigenvalue weighted by molar-refractivity contribution is 5.14. The van der Waals surface area contributed by atoms with Gasteiger partial charge in [0.1, 0.15) is 5.72 Å². The molecule has 0 aromatic heterocycles. The third kappa shape index (κ3) is 1.20. The lowest BCUT2D eigenvalue weighted by Gasteiger charge is -2.66. The van der Waals surface area contributed by atoms with Crippen molar-refractivity contribution in [3.05, 3.63) is 0 Å². The molecule has 92 valence electrons. The van der Waals surface area contributed by atoms with Crippen LogP contribution in [0.3, 0.4) is 0 Å². The van der Waals surface area contributed by atoms with Crippen LogP contribution in [0.25, 0.3) is 0 Å². The fourth-order valence-electron chi connectivity index (χ4n) is 4.02. The first-order valence-corrected chi connectivity index (χ1v) is 7.15. The van der Waals surface area contributed by atoms with Crippen LogP contribution in [-0.4, -0.2) is 17.9 Å². The molecule has 0 bridgehead atoms. The molecule has 0 aromatic rings. The van der Waals surface area contributed by atoms with E-state index in [-0.39, 0.29) is 11.3 Å². The summed E-state index contributed by atoms with van der Waals surface area (Å²) in [7, 11) is 0. The van der Waals surface area contributed by atoms with E-state index in [4.69, 9.17) is 4.74 Å². The number of fused-ring (bicyclic) bond motifs is 1. The molecule has 3 aliphatic rings. The van der Waals surface area contributed by atoms with Gasteiger partial charge in [0, 0.05) is 12.0 Å². The third-order valence-corrected chi connectivity index (χ3v) is 5.72. The van der Waals surface area contributed by atoms with Crippen molar-refractivity contribution < 1.29 is 4.74 Å². The smallest absolute Gasteiger partial charge is 0.119 e. The summed E-state index contributed by atoms with van der Waals surface area (Å²) in [6.45, 7) is 5.71. The van der Waals surface area contributed by atoms with E-state index < -0.39 is 0 Å². The molecular formula is C14H25NO. The standard InChI is InChI=1S/C14H25NO/c1-3-14(4-2)15-11-12(7-5-8-12)13(16-14)9-6-10-13/h15H,3-11H2,1-2H3. The maximum atomic E-state index is 6.64. The van der Waals surface area contributed by atoms with Crippen molar-refractivity contribution in [2.24, 2.45) is 5.41 Å². The molecule has 2 nitrogen and oxygen atoms in total. The quantitative estimate of drug-likeness (QED) is 0.776. The summed E-state index contributed by atoms with van der Waals surface area (Å²) in [4.78, 5) is 0. The summed E-state index contributed by atoms with van der Waals surface area (Å²) in [6, 6.07) is 0. The van der Waals surface area contributed by atoms with Gasteiger partial charge in [0.2, 0.25) is 0 Å². The fraction of sp³-hybridized carbons (Fsp3) is 1.00. The minimum Gasteiger partial charge on any atom is -0.354 e. The Bertz CT molecular complexity index is 274. The molecule has 1 saturated heterocycles. The minimum absolute atomic E-state index is 0.0126. The molecule has 0 amide bonds. The van der Waals surface area contributed by atoms with Crippen LogP contribution in [0.4, 0.5) is 0 Å². The molecule has 1 N–H and O–H groups in total. The Morgan fingerprint density at radius 3 is 2.00 bits per heavy atom. The normalized spacial score (nSPS) is 33.4. The Morgan fingerprint density at radius 2 is 1.62 bits per heavy atom. The first-order valence-electron chi connectivity index (χ1n) is 7.15. The Balaban J connectivity index is 1.85. The molecule has 16 heavy (non-hydrogen) atoms. The predicted octanol–water partition coefficient (Wildman–Crippen LogP) is 3.22. The maximum Gasteiger partial charge on any atom is 0.119 e. The molecule has 3 fully saturated rings. The highest BCUT2D eigenvalue weighted by Crippen LogP contribution is 2.61. The summed E-state index contributed by atoms with van der Waals surface area (Å²) in [5, 5.41) is 3.73. The lowest BCUT2D eigenvalue weighted by Crippen LogP contribution is -2.72. The first kappa shape index (κ1) is 11.0. The van der Waals surface area contributed by atoms with Crippen LogP contribution in [0.2, 0.25) is 0 Å². The van der Waals surface area contributed by atoms with E-state index in [0.29, 0.717) is 5.41 Å². The Hall–Kier alpha value is -0.0800. The summed E-state index contributed by atoms with van der Waals surface area (Å²) in [5.41, 5.74) is 0.767. The van der Waals surface area contributed by atoms with Gasteiger partial charge < -0.3 is 4.74 Å². The maximum absolute atomic E-state index is 6.64. The van der Waals surface area contributed by atoms with Crippen LogP contribution in [0, 0.1) is 5.41 Å². The fourth-order valence-corrected chi connectivity index (χ4v) is 4.02. The lowest BCUT2D eigenvalue weighted by atomic mass is 9.51. The third-order valence-electron chi connectivity index (χ3n) is 5.72. The molecule has 0 unspecified atom stereocenters. The zero-order valence-electron chi connectivity index (χ0n) is 10.8. The zero-order chi connectivity index (χ0) is 11.3. The highest BCUT2D eigenvalue weighted by atomic mass is 16.5. The van der Waals surface area contributed by atoms with Gasteiger partial charge in [-0.2, -0.15) is 0 Å². The second-order valence-electron chi connectivity index (χ2n) is 6.14. The summed E-state index contributed by atoms with van der Waals surface area (Å²) in [6.07, 6.45) is 10.4. The topological polar surface area (TPSA) is 21.3 Å². The number of hydrogen-bond donors (Lipinski definition) is 1. The van der Waals surface area contributed by atoms with Crippen molar-refractivity contribution in [2.75, 3.05) is 6.54 Å². The number of hydrogen-bond acceptors (Lipinski definition) is 2. The van der Waals surface area contributed by atoms with Gasteiger partial charge >= 0.3 is 0 Å². The Morgan fingerprint density at radius 1 is 1.00 bits per heavy atom. The van der Waals surface area contributed by atoms with E-state index in [0.717, 1.165) is 12.8 Å². The van der Waals surface area contributed by atoms with Gasteiger partial charge in [-0.3, -0.25) is 5.32 Å². The van der Waals surface area contributed by atoms with Gasteiger partial charge in [0.15, 0.2) is 0 Å². The van der Waals surface area contributed by atoms with E-state index in [1.54, 1.807) is 0 Å². The highest BCUT2D eigenvalue weighted by Gasteiger charge is 2.63. The van der Waals surface area contributed by atoms with Crippen molar-refractivity contribution in [2.45, 2.75) is 76.5 Å². The monoisotopic (exact) mass is 223 g/mol. The molecule has 1 heterocycles. The van der Waals surface area contributed by atoms with Crippen LogP contribution in [0.1, 0.15) is 65.2 Å². The first-order chi connectivity index (χ1) is 7.70. The van der Waals surface area contributed by atoms with Gasteiger partial charge in [-0.05, 0) is 44.9 Å². The predicted molar refractivity (Wildman–Crippen MR) is 65.3 cm³/mol. The second kappa shape index (κ2) is 3.46. The Kier molecular flexibility index (Phi) is 2.38. The molecule has 2 spiro atoms. The molecule has 1 aliphatic heterocycles. The number of ether oxygens (including phenoxy) is 1. The van der Waals surface area contributed by atoms with E-state index in [2.05, 4.69) is 19.2 Å². The van der Waals surface area contributed by atoms with Gasteiger partial charge in [-0.25, -0.2) is 0 Å². The van der Waals surface area contributed by atoms with E-state index in [9.17, 15) is 0 Å². The average Bonchev–Trinajstić information content (AvgIpc) is 2.23. The van der Waals surface area contributed by atoms with Crippen LogP contribution in [0.15, 0.2) is 0 Å². The van der Waals surface area contributed by atoms with Crippen LogP contribution < -0.4 is 5.32 Å². The van der Waals surface area contributed by atoms with Gasteiger partial charge in [0.05, 0.1) is 5.60 Å². The van der Waals surface area contributed by atoms with Gasteiger partial charge in [0.25, 0.3) is 0 Å². The second-order valence-corrected chi connectivity index (χ2v) is 6.14. The Labute approximate surface area is 99.1 Å².